The molecule has 3 heteroatoms. The maximum atomic E-state index is 11.4. The third-order valence-corrected chi connectivity index (χ3v) is 2.28. The van der Waals surface area contributed by atoms with Gasteiger partial charge in [0.15, 0.2) is 0 Å². The van der Waals surface area contributed by atoms with Crippen molar-refractivity contribution in [3.8, 4) is 0 Å². The highest BCUT2D eigenvalue weighted by atomic mass is 16.5. The van der Waals surface area contributed by atoms with Crippen LogP contribution in [0.5, 0.6) is 0 Å². The zero-order valence-corrected chi connectivity index (χ0v) is 9.32. The Hall–Kier alpha value is -1.51. The van der Waals surface area contributed by atoms with E-state index in [1.165, 1.54) is 7.11 Å². The number of aromatic nitrogens is 1. The number of nitrogens with zero attached hydrogens (tertiary/aromatic N) is 1. The lowest BCUT2D eigenvalue weighted by atomic mass is 10.2. The highest BCUT2D eigenvalue weighted by Gasteiger charge is 2.13. The van der Waals surface area contributed by atoms with Crippen LogP contribution in [0, 0.1) is 0 Å². The van der Waals surface area contributed by atoms with Crippen LogP contribution in [0.4, 0.5) is 0 Å². The fraction of sp³-hybridized carbons (Fsp3) is 0.417. The minimum Gasteiger partial charge on any atom is -0.464 e. The van der Waals surface area contributed by atoms with E-state index < -0.39 is 0 Å². The molecule has 0 amide bonds. The van der Waals surface area contributed by atoms with Crippen LogP contribution < -0.4 is 0 Å². The van der Waals surface area contributed by atoms with E-state index in [1.54, 1.807) is 12.1 Å². The highest BCUT2D eigenvalue weighted by Crippen LogP contribution is 2.12. The van der Waals surface area contributed by atoms with E-state index in [0.717, 1.165) is 18.5 Å². The van der Waals surface area contributed by atoms with E-state index in [0.29, 0.717) is 12.2 Å². The number of esters is 1. The predicted octanol–water partition coefficient (Wildman–Crippen LogP) is 2.41. The van der Waals surface area contributed by atoms with Crippen molar-refractivity contribution in [2.45, 2.75) is 26.3 Å². The lowest BCUT2D eigenvalue weighted by molar-refractivity contribution is 0.0588. The molecule has 3 nitrogen and oxygen atoms in total. The Labute approximate surface area is 90.4 Å². The van der Waals surface area contributed by atoms with Crippen molar-refractivity contribution in [2.75, 3.05) is 7.11 Å². The second-order valence-corrected chi connectivity index (χ2v) is 3.35. The molecule has 0 fully saturated rings. The Bertz CT molecular complexity index is 353. The number of hydrogen-bond acceptors (Lipinski definition) is 2. The van der Waals surface area contributed by atoms with Crippen LogP contribution in [-0.4, -0.2) is 17.6 Å². The quantitative estimate of drug-likeness (QED) is 0.548. The van der Waals surface area contributed by atoms with Gasteiger partial charge in [0.1, 0.15) is 5.69 Å². The Morgan fingerprint density at radius 2 is 2.33 bits per heavy atom. The SMILES string of the molecule is C=CCn1c(CCC)ccc1C(=O)OC. The molecule has 0 saturated heterocycles. The van der Waals surface area contributed by atoms with Gasteiger partial charge >= 0.3 is 5.97 Å². The van der Waals surface area contributed by atoms with Crippen molar-refractivity contribution in [2.24, 2.45) is 0 Å². The molecule has 0 saturated carbocycles. The van der Waals surface area contributed by atoms with Gasteiger partial charge in [-0.2, -0.15) is 0 Å². The van der Waals surface area contributed by atoms with Gasteiger partial charge in [-0.05, 0) is 18.6 Å². The number of rotatable bonds is 5. The van der Waals surface area contributed by atoms with Crippen molar-refractivity contribution >= 4 is 5.97 Å². The number of hydrogen-bond donors (Lipinski definition) is 0. The summed E-state index contributed by atoms with van der Waals surface area (Å²) in [5.74, 6) is -0.292. The van der Waals surface area contributed by atoms with E-state index in [2.05, 4.69) is 13.5 Å². The first-order chi connectivity index (χ1) is 7.24. The fourth-order valence-corrected chi connectivity index (χ4v) is 1.61. The Morgan fingerprint density at radius 1 is 1.60 bits per heavy atom. The van der Waals surface area contributed by atoms with Gasteiger partial charge in [-0.25, -0.2) is 4.79 Å². The van der Waals surface area contributed by atoms with E-state index in [1.807, 2.05) is 10.6 Å². The van der Waals surface area contributed by atoms with Crippen molar-refractivity contribution in [1.29, 1.82) is 0 Å². The van der Waals surface area contributed by atoms with Gasteiger partial charge in [0, 0.05) is 12.2 Å². The van der Waals surface area contributed by atoms with Gasteiger partial charge < -0.3 is 9.30 Å². The molecule has 0 aliphatic carbocycles. The smallest absolute Gasteiger partial charge is 0.354 e. The number of allylic oxidation sites excluding steroid dienone is 1. The molecule has 0 atom stereocenters. The summed E-state index contributed by atoms with van der Waals surface area (Å²) in [5, 5.41) is 0. The van der Waals surface area contributed by atoms with E-state index in [9.17, 15) is 4.79 Å². The summed E-state index contributed by atoms with van der Waals surface area (Å²) < 4.78 is 6.67. The Morgan fingerprint density at radius 3 is 2.87 bits per heavy atom. The molecule has 0 unspecified atom stereocenters. The molecule has 0 radical (unpaired) electrons. The number of carbonyl (C=O) groups excluding carboxylic acids is 1. The fourth-order valence-electron chi connectivity index (χ4n) is 1.61. The minimum atomic E-state index is -0.292. The summed E-state index contributed by atoms with van der Waals surface area (Å²) in [4.78, 5) is 11.4. The molecular formula is C12H17NO2. The topological polar surface area (TPSA) is 31.2 Å². The van der Waals surface area contributed by atoms with Gasteiger partial charge in [0.05, 0.1) is 7.11 Å². The lowest BCUT2D eigenvalue weighted by Crippen LogP contribution is -2.12. The largest absolute Gasteiger partial charge is 0.464 e. The second-order valence-electron chi connectivity index (χ2n) is 3.35. The number of carbonyl (C=O) groups is 1. The van der Waals surface area contributed by atoms with Gasteiger partial charge in [0.25, 0.3) is 0 Å². The van der Waals surface area contributed by atoms with Crippen LogP contribution in [-0.2, 0) is 17.7 Å². The molecule has 1 rings (SSSR count). The molecule has 0 N–H and O–H groups in total. The monoisotopic (exact) mass is 207 g/mol. The van der Waals surface area contributed by atoms with Crippen molar-refractivity contribution in [1.82, 2.24) is 4.57 Å². The lowest BCUT2D eigenvalue weighted by Gasteiger charge is -2.09. The molecule has 0 aromatic carbocycles. The average Bonchev–Trinajstić information content (AvgIpc) is 2.62. The van der Waals surface area contributed by atoms with Crippen LogP contribution >= 0.6 is 0 Å². The second kappa shape index (κ2) is 5.39. The van der Waals surface area contributed by atoms with Gasteiger partial charge in [-0.3, -0.25) is 0 Å². The molecule has 0 aliphatic heterocycles. The molecule has 82 valence electrons. The number of methoxy groups -OCH3 is 1. The predicted molar refractivity (Wildman–Crippen MR) is 60.0 cm³/mol. The third kappa shape index (κ3) is 2.49. The van der Waals surface area contributed by atoms with Gasteiger partial charge in [0.2, 0.25) is 0 Å². The first-order valence-electron chi connectivity index (χ1n) is 5.12. The number of aryl methyl sites for hydroxylation is 1. The summed E-state index contributed by atoms with van der Waals surface area (Å²) in [5.41, 5.74) is 1.75. The standard InChI is InChI=1S/C12H17NO2/c1-4-6-10-7-8-11(12(14)15-3)13(10)9-5-2/h5,7-8H,2,4,6,9H2,1,3H3. The number of ether oxygens (including phenoxy) is 1. The van der Waals surface area contributed by atoms with E-state index >= 15 is 0 Å². The summed E-state index contributed by atoms with van der Waals surface area (Å²) in [7, 11) is 1.40. The molecular weight excluding hydrogens is 190 g/mol. The van der Waals surface area contributed by atoms with Crippen LogP contribution in [0.3, 0.4) is 0 Å². The average molecular weight is 207 g/mol. The van der Waals surface area contributed by atoms with Crippen LogP contribution in [0.25, 0.3) is 0 Å². The summed E-state index contributed by atoms with van der Waals surface area (Å²) in [6, 6.07) is 3.78. The molecule has 1 aromatic heterocycles. The summed E-state index contributed by atoms with van der Waals surface area (Å²) >= 11 is 0. The molecule has 0 aliphatic rings. The Kier molecular flexibility index (Phi) is 4.16. The highest BCUT2D eigenvalue weighted by molar-refractivity contribution is 5.87. The molecule has 1 heterocycles. The van der Waals surface area contributed by atoms with Crippen molar-refractivity contribution < 1.29 is 9.53 Å². The normalized spacial score (nSPS) is 10.0. The van der Waals surface area contributed by atoms with Crippen molar-refractivity contribution in [3.05, 3.63) is 36.2 Å². The molecule has 0 bridgehead atoms. The first-order valence-corrected chi connectivity index (χ1v) is 5.12. The summed E-state index contributed by atoms with van der Waals surface area (Å²) in [6.45, 7) is 6.45. The van der Waals surface area contributed by atoms with Crippen LogP contribution in [0.1, 0.15) is 29.5 Å². The van der Waals surface area contributed by atoms with Crippen LogP contribution in [0.2, 0.25) is 0 Å². The van der Waals surface area contributed by atoms with Crippen LogP contribution in [0.15, 0.2) is 24.8 Å². The molecule has 0 spiro atoms. The maximum absolute atomic E-state index is 11.4. The molecule has 15 heavy (non-hydrogen) atoms. The van der Waals surface area contributed by atoms with E-state index in [4.69, 9.17) is 4.74 Å². The first kappa shape index (κ1) is 11.6. The Balaban J connectivity index is 3.05. The minimum absolute atomic E-state index is 0.292. The zero-order chi connectivity index (χ0) is 11.3. The maximum Gasteiger partial charge on any atom is 0.354 e. The molecule has 1 aromatic rings. The zero-order valence-electron chi connectivity index (χ0n) is 9.32. The van der Waals surface area contributed by atoms with Gasteiger partial charge in [-0.15, -0.1) is 6.58 Å². The summed E-state index contributed by atoms with van der Waals surface area (Å²) in [6.07, 6.45) is 3.80. The van der Waals surface area contributed by atoms with Crippen molar-refractivity contribution in [3.63, 3.8) is 0 Å². The van der Waals surface area contributed by atoms with Gasteiger partial charge in [-0.1, -0.05) is 19.4 Å². The van der Waals surface area contributed by atoms with E-state index in [-0.39, 0.29) is 5.97 Å². The third-order valence-electron chi connectivity index (χ3n) is 2.28.